The number of carbonyl (C=O) groups is 1. The Morgan fingerprint density at radius 2 is 2.00 bits per heavy atom. The molecule has 1 aromatic rings. The summed E-state index contributed by atoms with van der Waals surface area (Å²) in [6.45, 7) is 3.62. The number of aryl methyl sites for hydroxylation is 1. The van der Waals surface area contributed by atoms with Crippen LogP contribution in [0.15, 0.2) is 23.1 Å². The second-order valence-electron chi connectivity index (χ2n) is 4.23. The molecule has 7 heteroatoms. The quantitative estimate of drug-likeness (QED) is 0.733. The summed E-state index contributed by atoms with van der Waals surface area (Å²) in [6.07, 6.45) is 1.04. The summed E-state index contributed by atoms with van der Waals surface area (Å²) in [5.74, 6) is -0.355. The zero-order valence-electron chi connectivity index (χ0n) is 11.0. The molecule has 106 valence electrons. The van der Waals surface area contributed by atoms with Gasteiger partial charge < -0.3 is 11.1 Å². The lowest BCUT2D eigenvalue weighted by atomic mass is 10.1. The van der Waals surface area contributed by atoms with Gasteiger partial charge in [-0.3, -0.25) is 4.79 Å². The maximum absolute atomic E-state index is 11.6. The van der Waals surface area contributed by atoms with Crippen molar-refractivity contribution in [2.24, 2.45) is 10.9 Å². The monoisotopic (exact) mass is 285 g/mol. The van der Waals surface area contributed by atoms with Gasteiger partial charge in [-0.15, -0.1) is 0 Å². The summed E-state index contributed by atoms with van der Waals surface area (Å²) in [5.41, 5.74) is 6.57. The second-order valence-corrected chi connectivity index (χ2v) is 5.75. The number of amides is 1. The number of hydrogen-bond donors (Lipinski definition) is 3. The SMILES string of the molecule is CCc1ccc(NC(=O)[C@@H](N)CC)cc1S(N)(=O)=O. The first-order chi connectivity index (χ1) is 8.79. The van der Waals surface area contributed by atoms with Gasteiger partial charge in [-0.2, -0.15) is 0 Å². The summed E-state index contributed by atoms with van der Waals surface area (Å²) in [7, 11) is -3.81. The van der Waals surface area contributed by atoms with Gasteiger partial charge in [0.05, 0.1) is 10.9 Å². The lowest BCUT2D eigenvalue weighted by Crippen LogP contribution is -2.34. The van der Waals surface area contributed by atoms with Crippen molar-refractivity contribution in [1.82, 2.24) is 0 Å². The normalized spacial score (nSPS) is 13.1. The lowest BCUT2D eigenvalue weighted by molar-refractivity contribution is -0.117. The van der Waals surface area contributed by atoms with Crippen LogP contribution in [0.5, 0.6) is 0 Å². The molecular formula is C12H19N3O3S. The van der Waals surface area contributed by atoms with Crippen LogP contribution in [0.2, 0.25) is 0 Å². The first-order valence-electron chi connectivity index (χ1n) is 6.01. The van der Waals surface area contributed by atoms with Crippen molar-refractivity contribution in [3.63, 3.8) is 0 Å². The number of anilines is 1. The molecule has 0 aromatic heterocycles. The topological polar surface area (TPSA) is 115 Å². The third-order valence-corrected chi connectivity index (χ3v) is 3.79. The average Bonchev–Trinajstić information content (AvgIpc) is 2.36. The van der Waals surface area contributed by atoms with E-state index in [0.29, 0.717) is 24.1 Å². The van der Waals surface area contributed by atoms with E-state index in [9.17, 15) is 13.2 Å². The van der Waals surface area contributed by atoms with E-state index in [-0.39, 0.29) is 10.8 Å². The number of primary sulfonamides is 1. The van der Waals surface area contributed by atoms with Crippen LogP contribution in [-0.4, -0.2) is 20.4 Å². The molecule has 1 amide bonds. The molecule has 6 nitrogen and oxygen atoms in total. The van der Waals surface area contributed by atoms with Gasteiger partial charge in [0.2, 0.25) is 15.9 Å². The Bertz CT molecular complexity index is 570. The van der Waals surface area contributed by atoms with Crippen LogP contribution in [-0.2, 0) is 21.2 Å². The third kappa shape index (κ3) is 4.02. The molecule has 0 aliphatic carbocycles. The van der Waals surface area contributed by atoms with Gasteiger partial charge >= 0.3 is 0 Å². The molecule has 1 atom stereocenters. The highest BCUT2D eigenvalue weighted by atomic mass is 32.2. The molecule has 1 aromatic carbocycles. The van der Waals surface area contributed by atoms with Gasteiger partial charge in [0, 0.05) is 5.69 Å². The first kappa shape index (κ1) is 15.6. The molecule has 0 fully saturated rings. The zero-order valence-corrected chi connectivity index (χ0v) is 11.8. The van der Waals surface area contributed by atoms with Gasteiger partial charge in [-0.1, -0.05) is 19.9 Å². The highest BCUT2D eigenvalue weighted by Gasteiger charge is 2.16. The molecule has 0 heterocycles. The van der Waals surface area contributed by atoms with E-state index < -0.39 is 16.1 Å². The smallest absolute Gasteiger partial charge is 0.241 e. The number of hydrogen-bond acceptors (Lipinski definition) is 4. The molecule has 19 heavy (non-hydrogen) atoms. The number of carbonyl (C=O) groups excluding carboxylic acids is 1. The van der Waals surface area contributed by atoms with Crippen molar-refractivity contribution < 1.29 is 13.2 Å². The largest absolute Gasteiger partial charge is 0.325 e. The predicted molar refractivity (Wildman–Crippen MR) is 74.1 cm³/mol. The standard InChI is InChI=1S/C12H19N3O3S/c1-3-8-5-6-9(7-11(8)19(14,17)18)15-12(16)10(13)4-2/h5-7,10H,3-4,13H2,1-2H3,(H,15,16)(H2,14,17,18)/t10-/m0/s1. The Balaban J connectivity index is 3.10. The highest BCUT2D eigenvalue weighted by Crippen LogP contribution is 2.20. The fraction of sp³-hybridized carbons (Fsp3) is 0.417. The Morgan fingerprint density at radius 1 is 1.37 bits per heavy atom. The van der Waals surface area contributed by atoms with E-state index in [2.05, 4.69) is 5.32 Å². The molecule has 0 bridgehead atoms. The van der Waals surface area contributed by atoms with Crippen LogP contribution < -0.4 is 16.2 Å². The maximum Gasteiger partial charge on any atom is 0.241 e. The number of nitrogens with one attached hydrogen (secondary N) is 1. The van der Waals surface area contributed by atoms with Crippen molar-refractivity contribution in [2.75, 3.05) is 5.32 Å². The molecule has 0 saturated heterocycles. The molecule has 0 aliphatic heterocycles. The molecule has 1 rings (SSSR count). The van der Waals surface area contributed by atoms with E-state index in [1.54, 1.807) is 19.1 Å². The maximum atomic E-state index is 11.6. The van der Waals surface area contributed by atoms with Crippen LogP contribution >= 0.6 is 0 Å². The average molecular weight is 285 g/mol. The van der Waals surface area contributed by atoms with Gasteiger partial charge in [0.25, 0.3) is 0 Å². The van der Waals surface area contributed by atoms with E-state index in [4.69, 9.17) is 10.9 Å². The zero-order chi connectivity index (χ0) is 14.6. The Morgan fingerprint density at radius 3 is 2.47 bits per heavy atom. The van der Waals surface area contributed by atoms with Crippen LogP contribution in [0.4, 0.5) is 5.69 Å². The number of nitrogens with two attached hydrogens (primary N) is 2. The minimum atomic E-state index is -3.81. The minimum absolute atomic E-state index is 0.0258. The summed E-state index contributed by atoms with van der Waals surface area (Å²) < 4.78 is 23.0. The lowest BCUT2D eigenvalue weighted by Gasteiger charge is -2.12. The summed E-state index contributed by atoms with van der Waals surface area (Å²) in [4.78, 5) is 11.7. The van der Waals surface area contributed by atoms with E-state index in [0.717, 1.165) is 0 Å². The number of rotatable bonds is 5. The molecule has 0 aliphatic rings. The van der Waals surface area contributed by atoms with Crippen LogP contribution in [0.3, 0.4) is 0 Å². The number of benzene rings is 1. The van der Waals surface area contributed by atoms with Crippen LogP contribution in [0.25, 0.3) is 0 Å². The Kier molecular flexibility index (Phi) is 5.04. The van der Waals surface area contributed by atoms with Crippen molar-refractivity contribution in [3.05, 3.63) is 23.8 Å². The van der Waals surface area contributed by atoms with Crippen molar-refractivity contribution >= 4 is 21.6 Å². The summed E-state index contributed by atoms with van der Waals surface area (Å²) in [6, 6.07) is 4.00. The fourth-order valence-corrected chi connectivity index (χ4v) is 2.48. The molecule has 0 saturated carbocycles. The van der Waals surface area contributed by atoms with Gasteiger partial charge in [-0.25, -0.2) is 13.6 Å². The second kappa shape index (κ2) is 6.14. The van der Waals surface area contributed by atoms with Crippen molar-refractivity contribution in [2.45, 2.75) is 37.6 Å². The van der Waals surface area contributed by atoms with Crippen molar-refractivity contribution in [1.29, 1.82) is 0 Å². The molecular weight excluding hydrogens is 266 g/mol. The summed E-state index contributed by atoms with van der Waals surface area (Å²) >= 11 is 0. The Labute approximate surface area is 113 Å². The molecule has 5 N–H and O–H groups in total. The highest BCUT2D eigenvalue weighted by molar-refractivity contribution is 7.89. The van der Waals surface area contributed by atoms with E-state index in [1.165, 1.54) is 6.07 Å². The van der Waals surface area contributed by atoms with Gasteiger partial charge in [0.1, 0.15) is 0 Å². The minimum Gasteiger partial charge on any atom is -0.325 e. The van der Waals surface area contributed by atoms with Gasteiger partial charge in [0.15, 0.2) is 0 Å². The third-order valence-electron chi connectivity index (χ3n) is 2.80. The van der Waals surface area contributed by atoms with E-state index in [1.807, 2.05) is 6.92 Å². The number of sulfonamides is 1. The van der Waals surface area contributed by atoms with Crippen molar-refractivity contribution in [3.8, 4) is 0 Å². The van der Waals surface area contributed by atoms with E-state index >= 15 is 0 Å². The van der Waals surface area contributed by atoms with Crippen LogP contribution in [0, 0.1) is 0 Å². The Hall–Kier alpha value is -1.44. The summed E-state index contributed by atoms with van der Waals surface area (Å²) in [5, 5.41) is 7.73. The first-order valence-corrected chi connectivity index (χ1v) is 7.56. The molecule has 0 spiro atoms. The fourth-order valence-electron chi connectivity index (χ4n) is 1.61. The van der Waals surface area contributed by atoms with Gasteiger partial charge in [-0.05, 0) is 30.5 Å². The molecule has 0 unspecified atom stereocenters. The van der Waals surface area contributed by atoms with Crippen LogP contribution in [0.1, 0.15) is 25.8 Å². The predicted octanol–water partition coefficient (Wildman–Crippen LogP) is 0.572. The molecule has 0 radical (unpaired) electrons.